The number of hydrogen-bond acceptors (Lipinski definition) is 6. The van der Waals surface area contributed by atoms with Crippen molar-refractivity contribution in [2.45, 2.75) is 45.6 Å². The van der Waals surface area contributed by atoms with Crippen LogP contribution in [0.1, 0.15) is 54.4 Å². The van der Waals surface area contributed by atoms with Gasteiger partial charge in [0.05, 0.1) is 18.3 Å². The molecule has 0 radical (unpaired) electrons. The van der Waals surface area contributed by atoms with E-state index in [1.807, 2.05) is 25.3 Å². The molecule has 1 aliphatic heterocycles. The number of anilines is 1. The van der Waals surface area contributed by atoms with Crippen molar-refractivity contribution in [1.29, 1.82) is 0 Å². The Kier molecular flexibility index (Phi) is 6.87. The molecule has 8 heteroatoms. The summed E-state index contributed by atoms with van der Waals surface area (Å²) in [7, 11) is 0. The van der Waals surface area contributed by atoms with E-state index in [4.69, 9.17) is 9.72 Å². The summed E-state index contributed by atoms with van der Waals surface area (Å²) < 4.78 is 5.18. The molecular formula is C23H30N4O3S. The zero-order valence-electron chi connectivity index (χ0n) is 18.2. The van der Waals surface area contributed by atoms with Gasteiger partial charge in [-0.3, -0.25) is 14.7 Å². The molecule has 2 aliphatic rings. The van der Waals surface area contributed by atoms with Crippen molar-refractivity contribution < 1.29 is 14.3 Å². The van der Waals surface area contributed by atoms with E-state index in [1.165, 1.54) is 28.8 Å². The molecule has 0 saturated carbocycles. The van der Waals surface area contributed by atoms with Crippen LogP contribution in [0.3, 0.4) is 0 Å². The summed E-state index contributed by atoms with van der Waals surface area (Å²) in [6.07, 6.45) is 6.04. The first-order chi connectivity index (χ1) is 15.1. The van der Waals surface area contributed by atoms with Crippen molar-refractivity contribution in [2.24, 2.45) is 0 Å². The fourth-order valence-electron chi connectivity index (χ4n) is 4.56. The quantitative estimate of drug-likeness (QED) is 0.761. The van der Waals surface area contributed by atoms with E-state index < -0.39 is 0 Å². The van der Waals surface area contributed by atoms with Crippen LogP contribution in [-0.4, -0.2) is 59.6 Å². The van der Waals surface area contributed by atoms with E-state index in [0.29, 0.717) is 19.7 Å². The standard InChI is InChI=1S/C23H30N4O3S/c1-3-30-23(29)27-14-12-26(13-15-27)21(18-9-6-7-11-24-18)20-17-8-4-5-10-19(17)31-22(20)25-16(2)28/h6-7,9,11,21H,3-5,8,10,12-15H2,1-2H3,(H,25,28)/t21-/m1/s1. The Morgan fingerprint density at radius 2 is 1.97 bits per heavy atom. The average Bonchev–Trinajstić information content (AvgIpc) is 3.12. The van der Waals surface area contributed by atoms with Gasteiger partial charge in [-0.2, -0.15) is 0 Å². The maximum Gasteiger partial charge on any atom is 0.409 e. The minimum atomic E-state index is -0.247. The third-order valence-corrected chi connectivity index (χ3v) is 7.17. The maximum absolute atomic E-state index is 12.2. The molecule has 3 heterocycles. The molecule has 4 rings (SSSR count). The summed E-state index contributed by atoms with van der Waals surface area (Å²) in [6.45, 7) is 6.46. The molecule has 1 N–H and O–H groups in total. The first kappa shape index (κ1) is 21.8. The van der Waals surface area contributed by atoms with E-state index in [9.17, 15) is 9.59 Å². The van der Waals surface area contributed by atoms with Gasteiger partial charge >= 0.3 is 6.09 Å². The lowest BCUT2D eigenvalue weighted by molar-refractivity contribution is -0.114. The number of nitrogens with zero attached hydrogens (tertiary/aromatic N) is 3. The highest BCUT2D eigenvalue weighted by atomic mass is 32.1. The number of aryl methyl sites for hydroxylation is 1. The Morgan fingerprint density at radius 3 is 2.65 bits per heavy atom. The minimum Gasteiger partial charge on any atom is -0.450 e. The normalized spacial score (nSPS) is 17.7. The molecule has 2 aromatic heterocycles. The van der Waals surface area contributed by atoms with Crippen molar-refractivity contribution in [3.8, 4) is 0 Å². The smallest absolute Gasteiger partial charge is 0.409 e. The molecular weight excluding hydrogens is 412 g/mol. The summed E-state index contributed by atoms with van der Waals surface area (Å²) in [4.78, 5) is 34.4. The maximum atomic E-state index is 12.2. The molecule has 7 nitrogen and oxygen atoms in total. The first-order valence-corrected chi connectivity index (χ1v) is 11.9. The highest BCUT2D eigenvalue weighted by Gasteiger charge is 2.35. The van der Waals surface area contributed by atoms with Gasteiger partial charge in [0.1, 0.15) is 5.00 Å². The van der Waals surface area contributed by atoms with Gasteiger partial charge in [-0.25, -0.2) is 4.79 Å². The lowest BCUT2D eigenvalue weighted by Gasteiger charge is -2.39. The van der Waals surface area contributed by atoms with Gasteiger partial charge in [0, 0.05) is 49.7 Å². The summed E-state index contributed by atoms with van der Waals surface area (Å²) in [6, 6.07) is 5.95. The molecule has 0 unspecified atom stereocenters. The zero-order valence-corrected chi connectivity index (χ0v) is 19.0. The summed E-state index contributed by atoms with van der Waals surface area (Å²) in [5.74, 6) is -0.0493. The van der Waals surface area contributed by atoms with Crippen molar-refractivity contribution in [2.75, 3.05) is 38.1 Å². The second-order valence-corrected chi connectivity index (χ2v) is 9.12. The van der Waals surface area contributed by atoms with Gasteiger partial charge in [-0.15, -0.1) is 11.3 Å². The minimum absolute atomic E-state index is 0.0493. The number of carbonyl (C=O) groups excluding carboxylic acids is 2. The number of ether oxygens (including phenoxy) is 1. The van der Waals surface area contributed by atoms with Gasteiger partial charge in [-0.05, 0) is 50.3 Å². The fraction of sp³-hybridized carbons (Fsp3) is 0.522. The van der Waals surface area contributed by atoms with Gasteiger partial charge in [0.25, 0.3) is 0 Å². The molecule has 2 amide bonds. The van der Waals surface area contributed by atoms with Crippen LogP contribution in [0.15, 0.2) is 24.4 Å². The Bertz CT molecular complexity index is 922. The van der Waals surface area contributed by atoms with Gasteiger partial charge < -0.3 is 15.0 Å². The second kappa shape index (κ2) is 9.78. The molecule has 31 heavy (non-hydrogen) atoms. The van der Waals surface area contributed by atoms with Crippen LogP contribution in [0.4, 0.5) is 9.80 Å². The van der Waals surface area contributed by atoms with Crippen LogP contribution in [0.2, 0.25) is 0 Å². The van der Waals surface area contributed by atoms with Gasteiger partial charge in [-0.1, -0.05) is 6.07 Å². The van der Waals surface area contributed by atoms with Crippen LogP contribution in [0.5, 0.6) is 0 Å². The predicted molar refractivity (Wildman–Crippen MR) is 122 cm³/mol. The Morgan fingerprint density at radius 1 is 1.19 bits per heavy atom. The van der Waals surface area contributed by atoms with E-state index >= 15 is 0 Å². The van der Waals surface area contributed by atoms with Crippen molar-refractivity contribution in [3.05, 3.63) is 46.1 Å². The second-order valence-electron chi connectivity index (χ2n) is 8.01. The van der Waals surface area contributed by atoms with Crippen molar-refractivity contribution in [3.63, 3.8) is 0 Å². The lowest BCUT2D eigenvalue weighted by atomic mass is 9.90. The topological polar surface area (TPSA) is 74.8 Å². The molecule has 1 atom stereocenters. The summed E-state index contributed by atoms with van der Waals surface area (Å²) >= 11 is 1.72. The first-order valence-electron chi connectivity index (χ1n) is 11.1. The number of pyridine rings is 1. The zero-order chi connectivity index (χ0) is 21.8. The van der Waals surface area contributed by atoms with E-state index in [0.717, 1.165) is 36.6 Å². The Labute approximate surface area is 187 Å². The van der Waals surface area contributed by atoms with Gasteiger partial charge in [0.15, 0.2) is 0 Å². The largest absolute Gasteiger partial charge is 0.450 e. The van der Waals surface area contributed by atoms with E-state index in [1.54, 1.807) is 23.2 Å². The van der Waals surface area contributed by atoms with Crippen molar-refractivity contribution in [1.82, 2.24) is 14.8 Å². The monoisotopic (exact) mass is 442 g/mol. The van der Waals surface area contributed by atoms with E-state index in [-0.39, 0.29) is 18.0 Å². The highest BCUT2D eigenvalue weighted by Crippen LogP contribution is 2.45. The number of carbonyl (C=O) groups is 2. The molecule has 0 bridgehead atoms. The fourth-order valence-corrected chi connectivity index (χ4v) is 5.93. The number of hydrogen-bond donors (Lipinski definition) is 1. The molecule has 166 valence electrons. The molecule has 1 saturated heterocycles. The SMILES string of the molecule is CCOC(=O)N1CCN([C@H](c2ccccn2)c2c(NC(C)=O)sc3c2CCCC3)CC1. The van der Waals surface area contributed by atoms with Crippen LogP contribution in [-0.2, 0) is 22.4 Å². The third kappa shape index (κ3) is 4.75. The number of piperazine rings is 1. The predicted octanol–water partition coefficient (Wildman–Crippen LogP) is 3.84. The number of amides is 2. The summed E-state index contributed by atoms with van der Waals surface area (Å²) in [5, 5.41) is 4.05. The highest BCUT2D eigenvalue weighted by molar-refractivity contribution is 7.16. The van der Waals surface area contributed by atoms with Crippen LogP contribution in [0, 0.1) is 0 Å². The molecule has 1 aliphatic carbocycles. The molecule has 2 aromatic rings. The Balaban J connectivity index is 1.70. The molecule has 0 aromatic carbocycles. The number of fused-ring (bicyclic) bond motifs is 1. The average molecular weight is 443 g/mol. The third-order valence-electron chi connectivity index (χ3n) is 5.95. The van der Waals surface area contributed by atoms with Crippen LogP contribution >= 0.6 is 11.3 Å². The Hall–Kier alpha value is -2.45. The van der Waals surface area contributed by atoms with Crippen LogP contribution in [0.25, 0.3) is 0 Å². The molecule has 0 spiro atoms. The number of rotatable bonds is 5. The summed E-state index contributed by atoms with van der Waals surface area (Å²) in [5.41, 5.74) is 3.55. The number of aromatic nitrogens is 1. The van der Waals surface area contributed by atoms with Crippen LogP contribution < -0.4 is 5.32 Å². The van der Waals surface area contributed by atoms with E-state index in [2.05, 4.69) is 16.3 Å². The molecule has 1 fully saturated rings. The van der Waals surface area contributed by atoms with Crippen molar-refractivity contribution >= 4 is 28.3 Å². The lowest BCUT2D eigenvalue weighted by Crippen LogP contribution is -2.50. The number of nitrogens with one attached hydrogen (secondary N) is 1. The van der Waals surface area contributed by atoms with Gasteiger partial charge in [0.2, 0.25) is 5.91 Å². The number of thiophene rings is 1.